The van der Waals surface area contributed by atoms with Gasteiger partial charge >= 0.3 is 5.97 Å². The van der Waals surface area contributed by atoms with Gasteiger partial charge in [-0.05, 0) is 5.56 Å². The highest BCUT2D eigenvalue weighted by molar-refractivity contribution is 7.85. The Morgan fingerprint density at radius 1 is 1.41 bits per heavy atom. The Morgan fingerprint density at radius 2 is 2.06 bits per heavy atom. The zero-order valence-corrected chi connectivity index (χ0v) is 10.5. The van der Waals surface area contributed by atoms with Crippen molar-refractivity contribution in [2.45, 2.75) is 5.92 Å². The number of carbonyl (C=O) groups is 1. The lowest BCUT2D eigenvalue weighted by Crippen LogP contribution is -2.21. The fraction of sp³-hybridized carbons (Fsp3) is 0.417. The van der Waals surface area contributed by atoms with Crippen LogP contribution in [0.3, 0.4) is 0 Å². The van der Waals surface area contributed by atoms with Gasteiger partial charge < -0.3 is 9.84 Å². The minimum Gasteiger partial charge on any atom is -0.481 e. The second-order valence-corrected chi connectivity index (χ2v) is 5.23. The molecule has 1 N–H and O–H groups in total. The van der Waals surface area contributed by atoms with Gasteiger partial charge in [0.25, 0.3) is 0 Å². The molecule has 1 aromatic rings. The van der Waals surface area contributed by atoms with Crippen LogP contribution in [0.4, 0.5) is 0 Å². The molecule has 2 atom stereocenters. The average molecular weight is 256 g/mol. The highest BCUT2D eigenvalue weighted by Gasteiger charge is 2.22. The number of rotatable bonds is 7. The molecular weight excluding hydrogens is 240 g/mol. The fourth-order valence-corrected chi connectivity index (χ4v) is 2.67. The van der Waals surface area contributed by atoms with Crippen molar-refractivity contribution in [3.05, 3.63) is 35.9 Å². The van der Waals surface area contributed by atoms with Crippen LogP contribution in [-0.4, -0.2) is 40.5 Å². The van der Waals surface area contributed by atoms with E-state index in [4.69, 9.17) is 9.84 Å². The largest absolute Gasteiger partial charge is 0.481 e. The lowest BCUT2D eigenvalue weighted by molar-refractivity contribution is -0.138. The summed E-state index contributed by atoms with van der Waals surface area (Å²) in [5, 5.41) is 9.14. The molecule has 2 unspecified atom stereocenters. The maximum Gasteiger partial charge on any atom is 0.311 e. The van der Waals surface area contributed by atoms with Crippen LogP contribution in [0.15, 0.2) is 30.3 Å². The Morgan fingerprint density at radius 3 is 2.59 bits per heavy atom. The molecule has 0 heterocycles. The highest BCUT2D eigenvalue weighted by Crippen LogP contribution is 2.17. The molecule has 0 bridgehead atoms. The van der Waals surface area contributed by atoms with E-state index in [1.165, 1.54) is 7.11 Å². The second kappa shape index (κ2) is 7.19. The van der Waals surface area contributed by atoms with Crippen molar-refractivity contribution in [3.8, 4) is 0 Å². The maximum atomic E-state index is 11.7. The fourth-order valence-electron chi connectivity index (χ4n) is 1.44. The van der Waals surface area contributed by atoms with E-state index >= 15 is 0 Å². The first-order valence-corrected chi connectivity index (χ1v) is 6.75. The van der Waals surface area contributed by atoms with Gasteiger partial charge in [0.1, 0.15) is 0 Å². The molecule has 0 spiro atoms. The first kappa shape index (κ1) is 13.9. The topological polar surface area (TPSA) is 63.6 Å². The second-order valence-electron chi connectivity index (χ2n) is 3.60. The first-order valence-electron chi connectivity index (χ1n) is 5.26. The monoisotopic (exact) mass is 256 g/mol. The number of hydrogen-bond acceptors (Lipinski definition) is 3. The van der Waals surface area contributed by atoms with Crippen LogP contribution < -0.4 is 0 Å². The van der Waals surface area contributed by atoms with Gasteiger partial charge in [-0.15, -0.1) is 0 Å². The molecule has 0 fully saturated rings. The Labute approximate surface area is 103 Å². The molecule has 4 nitrogen and oxygen atoms in total. The summed E-state index contributed by atoms with van der Waals surface area (Å²) in [5.41, 5.74) is 0.686. The normalized spacial score (nSPS) is 14.2. The van der Waals surface area contributed by atoms with E-state index in [-0.39, 0.29) is 5.75 Å². The molecule has 17 heavy (non-hydrogen) atoms. The minimum absolute atomic E-state index is 0.128. The summed E-state index contributed by atoms with van der Waals surface area (Å²) < 4.78 is 16.5. The molecule has 0 aliphatic heterocycles. The van der Waals surface area contributed by atoms with Crippen molar-refractivity contribution in [3.63, 3.8) is 0 Å². The van der Waals surface area contributed by atoms with Gasteiger partial charge in [-0.3, -0.25) is 9.00 Å². The summed E-state index contributed by atoms with van der Waals surface area (Å²) >= 11 is 0. The van der Waals surface area contributed by atoms with Gasteiger partial charge in [0.2, 0.25) is 0 Å². The third-order valence-corrected chi connectivity index (χ3v) is 3.69. The average Bonchev–Trinajstić information content (AvgIpc) is 2.34. The number of ether oxygens (including phenoxy) is 1. The zero-order chi connectivity index (χ0) is 12.7. The molecule has 0 aliphatic rings. The van der Waals surface area contributed by atoms with Gasteiger partial charge in [-0.1, -0.05) is 30.3 Å². The number of methoxy groups -OCH3 is 1. The van der Waals surface area contributed by atoms with Gasteiger partial charge in [-0.25, -0.2) is 0 Å². The highest BCUT2D eigenvalue weighted by atomic mass is 32.2. The van der Waals surface area contributed by atoms with Crippen LogP contribution >= 0.6 is 0 Å². The van der Waals surface area contributed by atoms with Crippen molar-refractivity contribution >= 4 is 16.8 Å². The number of carboxylic acids is 1. The van der Waals surface area contributed by atoms with Gasteiger partial charge in [0.05, 0.1) is 12.5 Å². The smallest absolute Gasteiger partial charge is 0.311 e. The van der Waals surface area contributed by atoms with Crippen LogP contribution in [-0.2, 0) is 20.3 Å². The van der Waals surface area contributed by atoms with Crippen molar-refractivity contribution in [1.29, 1.82) is 0 Å². The Hall–Kier alpha value is -1.20. The van der Waals surface area contributed by atoms with E-state index in [1.807, 2.05) is 6.07 Å². The van der Waals surface area contributed by atoms with Gasteiger partial charge in [-0.2, -0.15) is 0 Å². The molecule has 0 aromatic heterocycles. The summed E-state index contributed by atoms with van der Waals surface area (Å²) in [4.78, 5) is 11.1. The van der Waals surface area contributed by atoms with Crippen molar-refractivity contribution < 1.29 is 18.8 Å². The van der Waals surface area contributed by atoms with E-state index in [2.05, 4.69) is 0 Å². The quantitative estimate of drug-likeness (QED) is 0.797. The van der Waals surface area contributed by atoms with Gasteiger partial charge in [0.15, 0.2) is 0 Å². The molecule has 0 aliphatic carbocycles. The van der Waals surface area contributed by atoms with E-state index in [0.717, 1.165) is 0 Å². The van der Waals surface area contributed by atoms with E-state index in [0.29, 0.717) is 17.9 Å². The van der Waals surface area contributed by atoms with Crippen LogP contribution in [0.1, 0.15) is 11.5 Å². The molecule has 94 valence electrons. The maximum absolute atomic E-state index is 11.7. The summed E-state index contributed by atoms with van der Waals surface area (Å²) in [7, 11) is 0.354. The predicted octanol–water partition coefficient (Wildman–Crippen LogP) is 1.25. The van der Waals surface area contributed by atoms with Crippen LogP contribution in [0.5, 0.6) is 0 Å². The Bertz CT molecular complexity index is 377. The number of carboxylic acid groups (broad SMARTS) is 1. The molecule has 0 radical (unpaired) electrons. The predicted molar refractivity (Wildman–Crippen MR) is 66.6 cm³/mol. The first-order chi connectivity index (χ1) is 8.15. The molecule has 0 saturated carbocycles. The lowest BCUT2D eigenvalue weighted by atomic mass is 10.0. The zero-order valence-electron chi connectivity index (χ0n) is 9.67. The molecule has 1 rings (SSSR count). The Kier molecular flexibility index (Phi) is 5.86. The molecular formula is C12H16O4S. The minimum atomic E-state index is -1.18. The number of benzene rings is 1. The van der Waals surface area contributed by atoms with E-state index in [1.54, 1.807) is 24.3 Å². The molecule has 0 amide bonds. The summed E-state index contributed by atoms with van der Waals surface area (Å²) in [5.74, 6) is -1.16. The third-order valence-electron chi connectivity index (χ3n) is 2.37. The molecule has 5 heteroatoms. The van der Waals surface area contributed by atoms with Crippen molar-refractivity contribution in [2.75, 3.05) is 25.2 Å². The number of hydrogen-bond donors (Lipinski definition) is 1. The van der Waals surface area contributed by atoms with E-state index < -0.39 is 22.7 Å². The molecule has 1 aromatic carbocycles. The SMILES string of the molecule is COCCS(=O)CC(C(=O)O)c1ccccc1. The summed E-state index contributed by atoms with van der Waals surface area (Å²) in [6.07, 6.45) is 0. The summed E-state index contributed by atoms with van der Waals surface area (Å²) in [6, 6.07) is 8.87. The third kappa shape index (κ3) is 4.66. The van der Waals surface area contributed by atoms with Crippen LogP contribution in [0, 0.1) is 0 Å². The number of aliphatic carboxylic acids is 1. The van der Waals surface area contributed by atoms with E-state index in [9.17, 15) is 9.00 Å². The Balaban J connectivity index is 2.68. The van der Waals surface area contributed by atoms with Crippen LogP contribution in [0.2, 0.25) is 0 Å². The van der Waals surface area contributed by atoms with Crippen molar-refractivity contribution in [1.82, 2.24) is 0 Å². The van der Waals surface area contributed by atoms with Crippen molar-refractivity contribution in [2.24, 2.45) is 0 Å². The standard InChI is InChI=1S/C12H16O4S/c1-16-7-8-17(15)9-11(12(13)14)10-5-3-2-4-6-10/h2-6,11H,7-9H2,1H3,(H,13,14). The summed E-state index contributed by atoms with van der Waals surface area (Å²) in [6.45, 7) is 0.383. The van der Waals surface area contributed by atoms with Crippen LogP contribution in [0.25, 0.3) is 0 Å². The molecule has 0 saturated heterocycles. The van der Waals surface area contributed by atoms with Gasteiger partial charge in [0, 0.05) is 29.4 Å². The lowest BCUT2D eigenvalue weighted by Gasteiger charge is -2.12.